The Morgan fingerprint density at radius 3 is 3.05 bits per heavy atom. The smallest absolute Gasteiger partial charge is 0.141 e. The summed E-state index contributed by atoms with van der Waals surface area (Å²) in [5.41, 5.74) is 0. The fraction of sp³-hybridized carbons (Fsp3) is 0.571. The topological polar surface area (TPSA) is 41.0 Å². The van der Waals surface area contributed by atoms with Gasteiger partial charge in [0, 0.05) is 24.5 Å². The quantitative estimate of drug-likeness (QED) is 0.914. The van der Waals surface area contributed by atoms with Crippen molar-refractivity contribution in [2.45, 2.75) is 26.7 Å². The minimum Gasteiger partial charge on any atom is -0.355 e. The van der Waals surface area contributed by atoms with Gasteiger partial charge in [-0.15, -0.1) is 11.3 Å². The molecule has 1 N–H and O–H groups in total. The van der Waals surface area contributed by atoms with Crippen molar-refractivity contribution >= 4 is 27.4 Å². The van der Waals surface area contributed by atoms with Gasteiger partial charge in [-0.1, -0.05) is 6.92 Å². The summed E-state index contributed by atoms with van der Waals surface area (Å²) in [6, 6.07) is 2.27. The summed E-state index contributed by atoms with van der Waals surface area (Å²) < 4.78 is 0. The monoisotopic (exact) mass is 276 g/mol. The number of nitrogens with zero attached hydrogens (tertiary/aromatic N) is 3. The van der Waals surface area contributed by atoms with Crippen LogP contribution in [0.15, 0.2) is 6.07 Å². The van der Waals surface area contributed by atoms with Crippen LogP contribution in [0.3, 0.4) is 0 Å². The SMILES string of the molecule is CCc1cc2c(N3CCCNCC3)nc(C)nc2s1. The van der Waals surface area contributed by atoms with Crippen LogP contribution in [0.4, 0.5) is 5.82 Å². The van der Waals surface area contributed by atoms with Crippen molar-refractivity contribution in [3.05, 3.63) is 16.8 Å². The third kappa shape index (κ3) is 2.58. The second-order valence-electron chi connectivity index (χ2n) is 4.97. The van der Waals surface area contributed by atoms with Gasteiger partial charge in [0.25, 0.3) is 0 Å². The van der Waals surface area contributed by atoms with Gasteiger partial charge in [0.15, 0.2) is 0 Å². The van der Waals surface area contributed by atoms with E-state index >= 15 is 0 Å². The Labute approximate surface area is 117 Å². The lowest BCUT2D eigenvalue weighted by atomic mass is 10.2. The van der Waals surface area contributed by atoms with Gasteiger partial charge in [-0.05, 0) is 32.4 Å². The molecule has 0 aliphatic carbocycles. The van der Waals surface area contributed by atoms with Crippen LogP contribution in [0.1, 0.15) is 24.0 Å². The van der Waals surface area contributed by atoms with Crippen LogP contribution in [-0.4, -0.2) is 36.1 Å². The van der Waals surface area contributed by atoms with E-state index in [0.29, 0.717) is 0 Å². The van der Waals surface area contributed by atoms with E-state index in [1.54, 1.807) is 11.3 Å². The number of aromatic nitrogens is 2. The molecule has 2 aromatic heterocycles. The summed E-state index contributed by atoms with van der Waals surface area (Å²) in [4.78, 5) is 14.2. The zero-order valence-corrected chi connectivity index (χ0v) is 12.4. The standard InChI is InChI=1S/C14H20N4S/c1-3-11-9-12-13(16-10(2)17-14(12)19-11)18-7-4-5-15-6-8-18/h9,15H,3-8H2,1-2H3. The Bertz CT molecular complexity index is 570. The molecule has 3 rings (SSSR count). The fourth-order valence-corrected chi connectivity index (χ4v) is 3.54. The van der Waals surface area contributed by atoms with Crippen molar-refractivity contribution in [1.29, 1.82) is 0 Å². The van der Waals surface area contributed by atoms with E-state index in [-0.39, 0.29) is 0 Å². The van der Waals surface area contributed by atoms with E-state index in [4.69, 9.17) is 4.98 Å². The molecular weight excluding hydrogens is 256 g/mol. The number of rotatable bonds is 2. The first kappa shape index (κ1) is 12.8. The molecule has 1 aliphatic heterocycles. The van der Waals surface area contributed by atoms with Crippen molar-refractivity contribution in [2.75, 3.05) is 31.1 Å². The molecular formula is C14H20N4S. The molecule has 4 nitrogen and oxygen atoms in total. The maximum atomic E-state index is 4.71. The largest absolute Gasteiger partial charge is 0.355 e. The summed E-state index contributed by atoms with van der Waals surface area (Å²) in [5.74, 6) is 2.01. The second kappa shape index (κ2) is 5.43. The first-order valence-corrected chi connectivity index (χ1v) is 7.82. The minimum absolute atomic E-state index is 0.879. The average Bonchev–Trinajstić information content (AvgIpc) is 2.64. The molecule has 19 heavy (non-hydrogen) atoms. The first-order chi connectivity index (χ1) is 9.28. The lowest BCUT2D eigenvalue weighted by molar-refractivity contribution is 0.724. The van der Waals surface area contributed by atoms with Gasteiger partial charge in [0.1, 0.15) is 16.5 Å². The molecule has 5 heteroatoms. The number of anilines is 1. The molecule has 0 spiro atoms. The molecule has 0 unspecified atom stereocenters. The molecule has 102 valence electrons. The van der Waals surface area contributed by atoms with Crippen LogP contribution in [0, 0.1) is 6.92 Å². The molecule has 0 aromatic carbocycles. The van der Waals surface area contributed by atoms with Crippen molar-refractivity contribution < 1.29 is 0 Å². The maximum Gasteiger partial charge on any atom is 0.141 e. The second-order valence-corrected chi connectivity index (χ2v) is 6.09. The van der Waals surface area contributed by atoms with Crippen LogP contribution in [0.5, 0.6) is 0 Å². The van der Waals surface area contributed by atoms with Crippen molar-refractivity contribution in [1.82, 2.24) is 15.3 Å². The number of thiophene rings is 1. The molecule has 0 amide bonds. The van der Waals surface area contributed by atoms with Gasteiger partial charge in [-0.2, -0.15) is 0 Å². The zero-order valence-electron chi connectivity index (χ0n) is 11.6. The summed E-state index contributed by atoms with van der Waals surface area (Å²) in [7, 11) is 0. The molecule has 0 atom stereocenters. The number of hydrogen-bond donors (Lipinski definition) is 1. The number of nitrogens with one attached hydrogen (secondary N) is 1. The molecule has 3 heterocycles. The highest BCUT2D eigenvalue weighted by Gasteiger charge is 2.16. The van der Waals surface area contributed by atoms with Gasteiger partial charge in [-0.25, -0.2) is 9.97 Å². The number of fused-ring (bicyclic) bond motifs is 1. The van der Waals surface area contributed by atoms with Gasteiger partial charge in [0.05, 0.1) is 5.39 Å². The Hall–Kier alpha value is -1.20. The van der Waals surface area contributed by atoms with E-state index in [9.17, 15) is 0 Å². The summed E-state index contributed by atoms with van der Waals surface area (Å²) in [6.45, 7) is 8.44. The molecule has 0 bridgehead atoms. The molecule has 2 aromatic rings. The Morgan fingerprint density at radius 1 is 1.32 bits per heavy atom. The highest BCUT2D eigenvalue weighted by molar-refractivity contribution is 7.18. The predicted molar refractivity (Wildman–Crippen MR) is 81.2 cm³/mol. The lowest BCUT2D eigenvalue weighted by Gasteiger charge is -2.22. The summed E-state index contributed by atoms with van der Waals surface area (Å²) in [5, 5.41) is 4.67. The Balaban J connectivity index is 2.07. The minimum atomic E-state index is 0.879. The Kier molecular flexibility index (Phi) is 3.66. The van der Waals surface area contributed by atoms with Crippen LogP contribution in [0.2, 0.25) is 0 Å². The zero-order chi connectivity index (χ0) is 13.2. The molecule has 1 fully saturated rings. The fourth-order valence-electron chi connectivity index (χ4n) is 2.53. The van der Waals surface area contributed by atoms with Crippen molar-refractivity contribution in [2.24, 2.45) is 0 Å². The predicted octanol–water partition coefficient (Wildman–Crippen LogP) is 2.36. The summed E-state index contributed by atoms with van der Waals surface area (Å²) in [6.07, 6.45) is 2.25. The van der Waals surface area contributed by atoms with E-state index in [2.05, 4.69) is 28.2 Å². The van der Waals surface area contributed by atoms with E-state index in [0.717, 1.165) is 49.1 Å². The van der Waals surface area contributed by atoms with E-state index < -0.39 is 0 Å². The molecule has 0 radical (unpaired) electrons. The van der Waals surface area contributed by atoms with Crippen LogP contribution < -0.4 is 10.2 Å². The van der Waals surface area contributed by atoms with Gasteiger partial charge in [-0.3, -0.25) is 0 Å². The average molecular weight is 276 g/mol. The first-order valence-electron chi connectivity index (χ1n) is 7.00. The van der Waals surface area contributed by atoms with E-state index in [1.165, 1.54) is 16.7 Å². The number of hydrogen-bond acceptors (Lipinski definition) is 5. The normalized spacial score (nSPS) is 16.8. The Morgan fingerprint density at radius 2 is 2.21 bits per heavy atom. The highest BCUT2D eigenvalue weighted by Crippen LogP contribution is 2.31. The van der Waals surface area contributed by atoms with Crippen molar-refractivity contribution in [3.8, 4) is 0 Å². The highest BCUT2D eigenvalue weighted by atomic mass is 32.1. The third-order valence-electron chi connectivity index (χ3n) is 3.52. The van der Waals surface area contributed by atoms with Gasteiger partial charge >= 0.3 is 0 Å². The lowest BCUT2D eigenvalue weighted by Crippen LogP contribution is -2.29. The third-order valence-corrected chi connectivity index (χ3v) is 4.70. The van der Waals surface area contributed by atoms with Gasteiger partial charge < -0.3 is 10.2 Å². The van der Waals surface area contributed by atoms with Crippen LogP contribution >= 0.6 is 11.3 Å². The van der Waals surface area contributed by atoms with Gasteiger partial charge in [0.2, 0.25) is 0 Å². The van der Waals surface area contributed by atoms with Crippen LogP contribution in [0.25, 0.3) is 10.2 Å². The number of aryl methyl sites for hydroxylation is 2. The molecule has 1 aliphatic rings. The van der Waals surface area contributed by atoms with Crippen LogP contribution in [-0.2, 0) is 6.42 Å². The molecule has 1 saturated heterocycles. The van der Waals surface area contributed by atoms with Crippen molar-refractivity contribution in [3.63, 3.8) is 0 Å². The van der Waals surface area contributed by atoms with E-state index in [1.807, 2.05) is 6.92 Å². The summed E-state index contributed by atoms with van der Waals surface area (Å²) >= 11 is 1.80. The molecule has 0 saturated carbocycles. The maximum absolute atomic E-state index is 4.71.